The summed E-state index contributed by atoms with van der Waals surface area (Å²) in [6.07, 6.45) is 0. The van der Waals surface area contributed by atoms with Crippen LogP contribution in [0.3, 0.4) is 0 Å². The van der Waals surface area contributed by atoms with Crippen molar-refractivity contribution in [3.8, 4) is 22.3 Å². The number of benzene rings is 3. The Bertz CT molecular complexity index is 924. The summed E-state index contributed by atoms with van der Waals surface area (Å²) in [6.45, 7) is 13.5. The Morgan fingerprint density at radius 2 is 1.00 bits per heavy atom. The molecule has 0 heterocycles. The van der Waals surface area contributed by atoms with E-state index in [4.69, 9.17) is 12.6 Å². The Kier molecular flexibility index (Phi) is 6.89. The maximum atomic E-state index is 4.78. The fraction of sp³-hybridized carbons (Fsp3) is 0.308. The Labute approximate surface area is 186 Å². The van der Waals surface area contributed by atoms with E-state index in [0.29, 0.717) is 0 Å². The zero-order chi connectivity index (χ0) is 19.8. The second-order valence-electron chi connectivity index (χ2n) is 9.35. The van der Waals surface area contributed by atoms with Crippen LogP contribution in [0.4, 0.5) is 0 Å². The topological polar surface area (TPSA) is 0 Å². The maximum Gasteiger partial charge on any atom is 0.0125 e. The van der Waals surface area contributed by atoms with E-state index in [1.54, 1.807) is 0 Å². The monoisotopic (exact) mass is 454 g/mol. The zero-order valence-corrected chi connectivity index (χ0v) is 20.3. The van der Waals surface area contributed by atoms with Crippen molar-refractivity contribution in [2.75, 3.05) is 0 Å². The second-order valence-corrected chi connectivity index (χ2v) is 9.84. The van der Waals surface area contributed by atoms with E-state index in [0.717, 1.165) is 4.90 Å². The van der Waals surface area contributed by atoms with Gasteiger partial charge >= 0.3 is 0 Å². The van der Waals surface area contributed by atoms with Crippen molar-refractivity contribution < 1.29 is 0 Å². The first-order valence-corrected chi connectivity index (χ1v) is 10.1. The van der Waals surface area contributed by atoms with Crippen molar-refractivity contribution in [2.24, 2.45) is 0 Å². The van der Waals surface area contributed by atoms with Gasteiger partial charge in [0.05, 0.1) is 0 Å². The SMILES string of the molecule is Br.CC(C)(C)c1ccc(-c2cccc(S)c2-c2ccc(C(C)(C)C)cc2)cc1. The number of rotatable bonds is 2. The van der Waals surface area contributed by atoms with E-state index in [1.807, 2.05) is 0 Å². The van der Waals surface area contributed by atoms with Crippen LogP contribution in [-0.2, 0) is 10.8 Å². The van der Waals surface area contributed by atoms with Gasteiger partial charge in [0.1, 0.15) is 0 Å². The largest absolute Gasteiger partial charge is 0.143 e. The third kappa shape index (κ3) is 4.90. The molecule has 0 aliphatic heterocycles. The normalized spacial score (nSPS) is 11.8. The van der Waals surface area contributed by atoms with Crippen molar-refractivity contribution in [3.63, 3.8) is 0 Å². The molecule has 0 unspecified atom stereocenters. The second kappa shape index (κ2) is 8.47. The summed E-state index contributed by atoms with van der Waals surface area (Å²) in [5, 5.41) is 0. The van der Waals surface area contributed by atoms with E-state index in [9.17, 15) is 0 Å². The first kappa shape index (κ1) is 22.8. The van der Waals surface area contributed by atoms with Gasteiger partial charge in [-0.05, 0) is 44.7 Å². The molecule has 0 nitrogen and oxygen atoms in total. The van der Waals surface area contributed by atoms with Gasteiger partial charge in [0, 0.05) is 10.5 Å². The van der Waals surface area contributed by atoms with E-state index in [2.05, 4.69) is 108 Å². The van der Waals surface area contributed by atoms with Crippen molar-refractivity contribution in [2.45, 2.75) is 57.3 Å². The van der Waals surface area contributed by atoms with Crippen LogP contribution < -0.4 is 0 Å². The predicted molar refractivity (Wildman–Crippen MR) is 132 cm³/mol. The molecule has 3 aromatic carbocycles. The summed E-state index contributed by atoms with van der Waals surface area (Å²) >= 11 is 4.78. The summed E-state index contributed by atoms with van der Waals surface area (Å²) in [6, 6.07) is 24.2. The fourth-order valence-corrected chi connectivity index (χ4v) is 3.71. The van der Waals surface area contributed by atoms with Gasteiger partial charge in [-0.25, -0.2) is 0 Å². The highest BCUT2D eigenvalue weighted by Gasteiger charge is 2.17. The molecule has 0 N–H and O–H groups in total. The predicted octanol–water partition coefficient (Wildman–Crippen LogP) is 8.48. The number of hydrogen-bond donors (Lipinski definition) is 1. The third-order valence-corrected chi connectivity index (χ3v) is 5.52. The molecule has 0 radical (unpaired) electrons. The van der Waals surface area contributed by atoms with Gasteiger partial charge in [-0.2, -0.15) is 0 Å². The van der Waals surface area contributed by atoms with Gasteiger partial charge in [-0.15, -0.1) is 29.6 Å². The molecule has 3 rings (SSSR count). The average Bonchev–Trinajstić information content (AvgIpc) is 2.60. The van der Waals surface area contributed by atoms with Gasteiger partial charge in [0.2, 0.25) is 0 Å². The van der Waals surface area contributed by atoms with Crippen LogP contribution in [0.25, 0.3) is 22.3 Å². The molecule has 0 saturated carbocycles. The minimum absolute atomic E-state index is 0. The Morgan fingerprint density at radius 1 is 0.571 bits per heavy atom. The van der Waals surface area contributed by atoms with Gasteiger partial charge in [-0.3, -0.25) is 0 Å². The minimum atomic E-state index is 0. The van der Waals surface area contributed by atoms with Gasteiger partial charge in [0.25, 0.3) is 0 Å². The number of halogens is 1. The Morgan fingerprint density at radius 3 is 1.43 bits per heavy atom. The zero-order valence-electron chi connectivity index (χ0n) is 17.7. The van der Waals surface area contributed by atoms with E-state index in [1.165, 1.54) is 33.4 Å². The molecule has 0 spiro atoms. The molecule has 28 heavy (non-hydrogen) atoms. The first-order chi connectivity index (χ1) is 12.6. The number of thiol groups is 1. The van der Waals surface area contributed by atoms with E-state index in [-0.39, 0.29) is 27.8 Å². The van der Waals surface area contributed by atoms with Crippen molar-refractivity contribution in [1.29, 1.82) is 0 Å². The molecule has 0 atom stereocenters. The lowest BCUT2D eigenvalue weighted by Crippen LogP contribution is -2.10. The highest BCUT2D eigenvalue weighted by Crippen LogP contribution is 2.38. The van der Waals surface area contributed by atoms with Crippen LogP contribution in [-0.4, -0.2) is 0 Å². The molecule has 0 fully saturated rings. The summed E-state index contributed by atoms with van der Waals surface area (Å²) in [5.41, 5.74) is 7.89. The minimum Gasteiger partial charge on any atom is -0.143 e. The molecule has 0 aliphatic rings. The molecule has 0 amide bonds. The molecule has 3 aromatic rings. The molecule has 0 aromatic heterocycles. The van der Waals surface area contributed by atoms with Crippen LogP contribution in [0.2, 0.25) is 0 Å². The molecule has 2 heteroatoms. The van der Waals surface area contributed by atoms with Crippen LogP contribution in [0.15, 0.2) is 71.6 Å². The van der Waals surface area contributed by atoms with Crippen LogP contribution in [0.1, 0.15) is 52.7 Å². The lowest BCUT2D eigenvalue weighted by molar-refractivity contribution is 0.590. The van der Waals surface area contributed by atoms with Crippen LogP contribution in [0.5, 0.6) is 0 Å². The highest BCUT2D eigenvalue weighted by molar-refractivity contribution is 8.93. The van der Waals surface area contributed by atoms with Crippen molar-refractivity contribution in [1.82, 2.24) is 0 Å². The lowest BCUT2D eigenvalue weighted by atomic mass is 9.84. The average molecular weight is 456 g/mol. The van der Waals surface area contributed by atoms with Gasteiger partial charge in [-0.1, -0.05) is 102 Å². The van der Waals surface area contributed by atoms with Crippen molar-refractivity contribution >= 4 is 29.6 Å². The molecular formula is C26H31BrS. The van der Waals surface area contributed by atoms with E-state index < -0.39 is 0 Å². The summed E-state index contributed by atoms with van der Waals surface area (Å²) in [4.78, 5) is 1.01. The van der Waals surface area contributed by atoms with Gasteiger partial charge in [0.15, 0.2) is 0 Å². The number of hydrogen-bond acceptors (Lipinski definition) is 1. The molecule has 0 bridgehead atoms. The first-order valence-electron chi connectivity index (χ1n) is 9.61. The van der Waals surface area contributed by atoms with Crippen LogP contribution in [0, 0.1) is 0 Å². The van der Waals surface area contributed by atoms with Gasteiger partial charge < -0.3 is 0 Å². The standard InChI is InChI=1S/C26H30S.BrH/c1-25(2,3)20-14-10-18(11-15-20)22-8-7-9-23(27)24(22)19-12-16-21(17-13-19)26(4,5)6;/h7-17,27H,1-6H3;1H. The van der Waals surface area contributed by atoms with Crippen molar-refractivity contribution in [3.05, 3.63) is 77.9 Å². The molecule has 0 aliphatic carbocycles. The fourth-order valence-electron chi connectivity index (χ4n) is 3.37. The highest BCUT2D eigenvalue weighted by atomic mass is 79.9. The summed E-state index contributed by atoms with van der Waals surface area (Å²) in [7, 11) is 0. The third-order valence-electron chi connectivity index (χ3n) is 5.14. The van der Waals surface area contributed by atoms with E-state index >= 15 is 0 Å². The Balaban J connectivity index is 0.00000280. The maximum absolute atomic E-state index is 4.78. The quantitative estimate of drug-likeness (QED) is 0.368. The summed E-state index contributed by atoms with van der Waals surface area (Å²) in [5.74, 6) is 0. The Hall–Kier alpha value is -1.51. The molecule has 148 valence electrons. The smallest absolute Gasteiger partial charge is 0.0125 e. The molecular weight excluding hydrogens is 424 g/mol. The van der Waals surface area contributed by atoms with Crippen LogP contribution >= 0.6 is 29.6 Å². The molecule has 0 saturated heterocycles. The lowest BCUT2D eigenvalue weighted by Gasteiger charge is -2.21. The summed E-state index contributed by atoms with van der Waals surface area (Å²) < 4.78 is 0.